The first-order chi connectivity index (χ1) is 9.67. The molecule has 6 heteroatoms. The van der Waals surface area contributed by atoms with Gasteiger partial charge in [-0.2, -0.15) is 8.78 Å². The molecule has 2 rings (SSSR count). The number of alkyl halides is 2. The lowest BCUT2D eigenvalue weighted by atomic mass is 10.2. The lowest BCUT2D eigenvalue weighted by Crippen LogP contribution is -2.03. The number of benzene rings is 1. The van der Waals surface area contributed by atoms with E-state index in [1.807, 2.05) is 6.07 Å². The predicted molar refractivity (Wildman–Crippen MR) is 71.2 cm³/mol. The van der Waals surface area contributed by atoms with Crippen molar-refractivity contribution in [1.29, 1.82) is 0 Å². The van der Waals surface area contributed by atoms with Crippen molar-refractivity contribution >= 4 is 5.69 Å². The highest BCUT2D eigenvalue weighted by molar-refractivity contribution is 5.48. The molecule has 4 nitrogen and oxygen atoms in total. The van der Waals surface area contributed by atoms with Gasteiger partial charge in [0.25, 0.3) is 0 Å². The summed E-state index contributed by atoms with van der Waals surface area (Å²) in [6.45, 7) is -2.30. The van der Waals surface area contributed by atoms with E-state index >= 15 is 0 Å². The first kappa shape index (κ1) is 14.0. The highest BCUT2D eigenvalue weighted by atomic mass is 19.3. The number of hydrogen-bond acceptors (Lipinski definition) is 4. The third-order valence-electron chi connectivity index (χ3n) is 2.56. The summed E-state index contributed by atoms with van der Waals surface area (Å²) in [4.78, 5) is 4.08. The van der Waals surface area contributed by atoms with Gasteiger partial charge >= 0.3 is 6.61 Å². The van der Waals surface area contributed by atoms with Crippen LogP contribution in [0.25, 0.3) is 0 Å². The van der Waals surface area contributed by atoms with Crippen LogP contribution in [-0.4, -0.2) is 18.7 Å². The van der Waals surface area contributed by atoms with E-state index in [0.29, 0.717) is 18.1 Å². The molecule has 20 heavy (non-hydrogen) atoms. The van der Waals surface area contributed by atoms with E-state index in [1.165, 1.54) is 12.1 Å². The maximum atomic E-state index is 12.1. The van der Waals surface area contributed by atoms with Gasteiger partial charge in [0.15, 0.2) is 0 Å². The monoisotopic (exact) mass is 280 g/mol. The van der Waals surface area contributed by atoms with Crippen LogP contribution >= 0.6 is 0 Å². The average molecular weight is 280 g/mol. The lowest BCUT2D eigenvalue weighted by molar-refractivity contribution is -0.0498. The molecule has 0 fully saturated rings. The molecule has 0 saturated heterocycles. The normalized spacial score (nSPS) is 10.4. The molecule has 0 unspecified atom stereocenters. The van der Waals surface area contributed by atoms with Crippen molar-refractivity contribution in [2.45, 2.75) is 13.2 Å². The van der Waals surface area contributed by atoms with Gasteiger partial charge in [0, 0.05) is 30.6 Å². The minimum absolute atomic E-state index is 0.123. The number of hydrogen-bond donors (Lipinski definition) is 1. The average Bonchev–Trinajstić information content (AvgIpc) is 2.45. The van der Waals surface area contributed by atoms with Crippen molar-refractivity contribution in [3.63, 3.8) is 0 Å². The molecule has 1 aromatic carbocycles. The molecular weight excluding hydrogens is 266 g/mol. The van der Waals surface area contributed by atoms with Gasteiger partial charge in [-0.25, -0.2) is 4.98 Å². The van der Waals surface area contributed by atoms with Crippen LogP contribution in [0.4, 0.5) is 14.5 Å². The Kier molecular flexibility index (Phi) is 4.70. The summed E-state index contributed by atoms with van der Waals surface area (Å²) < 4.78 is 33.5. The van der Waals surface area contributed by atoms with Crippen LogP contribution in [0.15, 0.2) is 42.6 Å². The first-order valence-electron chi connectivity index (χ1n) is 5.95. The number of pyridine rings is 1. The summed E-state index contributed by atoms with van der Waals surface area (Å²) in [5.41, 5.74) is 1.64. The second-order valence-corrected chi connectivity index (χ2v) is 3.97. The van der Waals surface area contributed by atoms with E-state index in [2.05, 4.69) is 15.0 Å². The van der Waals surface area contributed by atoms with Crippen molar-refractivity contribution in [3.05, 3.63) is 48.2 Å². The smallest absolute Gasteiger partial charge is 0.387 e. The quantitative estimate of drug-likeness (QED) is 0.881. The summed E-state index contributed by atoms with van der Waals surface area (Å²) >= 11 is 0. The van der Waals surface area contributed by atoms with Crippen LogP contribution in [-0.2, 0) is 6.54 Å². The molecule has 1 N–H and O–H groups in total. The molecule has 0 aliphatic heterocycles. The molecule has 0 atom stereocenters. The van der Waals surface area contributed by atoms with Gasteiger partial charge < -0.3 is 14.8 Å². The van der Waals surface area contributed by atoms with Gasteiger partial charge in [0.2, 0.25) is 5.88 Å². The van der Waals surface area contributed by atoms with Crippen LogP contribution < -0.4 is 14.8 Å². The zero-order valence-corrected chi connectivity index (χ0v) is 10.8. The molecule has 0 saturated carbocycles. The van der Waals surface area contributed by atoms with E-state index < -0.39 is 6.61 Å². The number of methoxy groups -OCH3 is 1. The Morgan fingerprint density at radius 1 is 1.25 bits per heavy atom. The number of halogens is 2. The van der Waals surface area contributed by atoms with Gasteiger partial charge in [-0.3, -0.25) is 0 Å². The Bertz CT molecular complexity index is 547. The zero-order valence-electron chi connectivity index (χ0n) is 10.8. The number of aromatic nitrogens is 1. The van der Waals surface area contributed by atoms with Crippen molar-refractivity contribution in [1.82, 2.24) is 4.98 Å². The van der Waals surface area contributed by atoms with E-state index in [0.717, 1.165) is 5.56 Å². The van der Waals surface area contributed by atoms with Gasteiger partial charge in [0.05, 0.1) is 7.11 Å². The molecule has 2 aromatic rings. The van der Waals surface area contributed by atoms with Gasteiger partial charge in [-0.1, -0.05) is 12.1 Å². The molecule has 0 spiro atoms. The number of nitrogens with one attached hydrogen (secondary N) is 1. The second-order valence-electron chi connectivity index (χ2n) is 3.97. The summed E-state index contributed by atoms with van der Waals surface area (Å²) in [5, 5.41) is 3.11. The molecule has 0 bridgehead atoms. The highest BCUT2D eigenvalue weighted by Gasteiger charge is 2.04. The molecule has 0 aliphatic carbocycles. The van der Waals surface area contributed by atoms with E-state index in [9.17, 15) is 8.78 Å². The van der Waals surface area contributed by atoms with E-state index in [1.54, 1.807) is 31.5 Å². The lowest BCUT2D eigenvalue weighted by Gasteiger charge is -2.09. The van der Waals surface area contributed by atoms with Gasteiger partial charge in [0.1, 0.15) is 5.75 Å². The molecule has 0 amide bonds. The fraction of sp³-hybridized carbons (Fsp3) is 0.214. The topological polar surface area (TPSA) is 43.4 Å². The summed E-state index contributed by atoms with van der Waals surface area (Å²) in [6.07, 6.45) is 1.69. The third kappa shape index (κ3) is 4.08. The second kappa shape index (κ2) is 6.70. The van der Waals surface area contributed by atoms with E-state index in [4.69, 9.17) is 4.74 Å². The Morgan fingerprint density at radius 3 is 2.75 bits per heavy atom. The molecule has 1 heterocycles. The summed E-state index contributed by atoms with van der Waals surface area (Å²) in [7, 11) is 1.55. The summed E-state index contributed by atoms with van der Waals surface area (Å²) in [5.74, 6) is 0.666. The Morgan fingerprint density at radius 2 is 2.10 bits per heavy atom. The van der Waals surface area contributed by atoms with Crippen molar-refractivity contribution < 1.29 is 18.3 Å². The van der Waals surface area contributed by atoms with Crippen molar-refractivity contribution in [2.75, 3.05) is 12.4 Å². The molecule has 0 radical (unpaired) electrons. The van der Waals surface area contributed by atoms with Crippen LogP contribution in [0, 0.1) is 0 Å². The largest absolute Gasteiger partial charge is 0.481 e. The van der Waals surface area contributed by atoms with Crippen LogP contribution in [0.3, 0.4) is 0 Å². The fourth-order valence-corrected chi connectivity index (χ4v) is 1.62. The Hall–Kier alpha value is -2.37. The maximum Gasteiger partial charge on any atom is 0.387 e. The standard InChI is InChI=1S/C14H14F2N2O2/c1-19-13-6-5-10(9-18-13)8-17-11-3-2-4-12(7-11)20-14(15)16/h2-7,9,14,17H,8H2,1H3. The maximum absolute atomic E-state index is 12.1. The SMILES string of the molecule is COc1ccc(CNc2cccc(OC(F)F)c2)cn1. The molecule has 0 aliphatic rings. The molecule has 1 aromatic heterocycles. The fourth-order valence-electron chi connectivity index (χ4n) is 1.62. The minimum Gasteiger partial charge on any atom is -0.481 e. The van der Waals surface area contributed by atoms with Crippen LogP contribution in [0.5, 0.6) is 11.6 Å². The minimum atomic E-state index is -2.82. The van der Waals surface area contributed by atoms with Crippen molar-refractivity contribution in [3.8, 4) is 11.6 Å². The van der Waals surface area contributed by atoms with Gasteiger partial charge in [-0.15, -0.1) is 0 Å². The third-order valence-corrected chi connectivity index (χ3v) is 2.56. The molecular formula is C14H14F2N2O2. The number of ether oxygens (including phenoxy) is 2. The van der Waals surface area contributed by atoms with E-state index in [-0.39, 0.29) is 5.75 Å². The number of rotatable bonds is 6. The Balaban J connectivity index is 1.95. The first-order valence-corrected chi connectivity index (χ1v) is 5.95. The number of nitrogens with zero attached hydrogens (tertiary/aromatic N) is 1. The van der Waals surface area contributed by atoms with Gasteiger partial charge in [-0.05, 0) is 17.7 Å². The predicted octanol–water partition coefficient (Wildman–Crippen LogP) is 3.30. The molecule has 106 valence electrons. The van der Waals surface area contributed by atoms with Crippen molar-refractivity contribution in [2.24, 2.45) is 0 Å². The summed E-state index contributed by atoms with van der Waals surface area (Å²) in [6, 6.07) is 10.0. The van der Waals surface area contributed by atoms with Crippen LogP contribution in [0.2, 0.25) is 0 Å². The zero-order chi connectivity index (χ0) is 14.4. The van der Waals surface area contributed by atoms with Crippen LogP contribution in [0.1, 0.15) is 5.56 Å². The number of anilines is 1. The Labute approximate surface area is 115 Å². The highest BCUT2D eigenvalue weighted by Crippen LogP contribution is 2.20.